The average molecular weight is 366 g/mol. The van der Waals surface area contributed by atoms with Crippen molar-refractivity contribution >= 4 is 10.1 Å². The average Bonchev–Trinajstić information content (AvgIpc) is 2.45. The molecule has 0 aliphatic carbocycles. The summed E-state index contributed by atoms with van der Waals surface area (Å²) < 4.78 is 50.7. The first-order chi connectivity index (χ1) is 10.6. The van der Waals surface area contributed by atoms with Gasteiger partial charge in [-0.05, 0) is 19.3 Å². The van der Waals surface area contributed by atoms with Gasteiger partial charge in [0.1, 0.15) is 0 Å². The maximum absolute atomic E-state index is 10.5. The topological polar surface area (TPSA) is 91.3 Å². The Morgan fingerprint density at radius 1 is 0.739 bits per heavy atom. The number of rotatable bonds is 17. The minimum atomic E-state index is -3.85. The Morgan fingerprint density at radius 3 is 1.52 bits per heavy atom. The minimum absolute atomic E-state index is 0. The molecule has 0 aromatic heterocycles. The molecule has 9 heteroatoms. The zero-order valence-corrected chi connectivity index (χ0v) is 17.3. The van der Waals surface area contributed by atoms with Crippen molar-refractivity contribution in [2.75, 3.05) is 58.6 Å². The Labute approximate surface area is 163 Å². The van der Waals surface area contributed by atoms with E-state index < -0.39 is 10.1 Å². The molecule has 0 spiro atoms. The normalized spacial score (nSPS) is 11.4. The predicted octanol–water partition coefficient (Wildman–Crippen LogP) is -1.36. The van der Waals surface area contributed by atoms with Gasteiger partial charge in [0, 0.05) is 13.2 Å². The second-order valence-corrected chi connectivity index (χ2v) is 6.37. The summed E-state index contributed by atoms with van der Waals surface area (Å²) in [5.41, 5.74) is 0. The largest absolute Gasteiger partial charge is 1.00 e. The molecule has 23 heavy (non-hydrogen) atoms. The Bertz CT molecular complexity index is 331. The fourth-order valence-corrected chi connectivity index (χ4v) is 2.07. The molecule has 0 fully saturated rings. The maximum atomic E-state index is 10.5. The van der Waals surface area contributed by atoms with Crippen molar-refractivity contribution in [2.24, 2.45) is 0 Å². The van der Waals surface area contributed by atoms with Gasteiger partial charge in [0.25, 0.3) is 10.1 Å². The zero-order chi connectivity index (χ0) is 16.5. The van der Waals surface area contributed by atoms with Gasteiger partial charge >= 0.3 is 29.6 Å². The first-order valence-electron chi connectivity index (χ1n) is 7.82. The number of hydrogen-bond donors (Lipinski definition) is 1. The van der Waals surface area contributed by atoms with Crippen LogP contribution in [0.5, 0.6) is 0 Å². The van der Waals surface area contributed by atoms with E-state index in [1.807, 2.05) is 0 Å². The molecule has 0 saturated carbocycles. The molecule has 1 N–H and O–H groups in total. The van der Waals surface area contributed by atoms with Crippen molar-refractivity contribution in [3.8, 4) is 0 Å². The Kier molecular flexibility index (Phi) is 21.6. The van der Waals surface area contributed by atoms with Crippen LogP contribution in [0, 0.1) is 0 Å². The van der Waals surface area contributed by atoms with E-state index >= 15 is 0 Å². The molecule has 0 aliphatic rings. The zero-order valence-electron chi connectivity index (χ0n) is 15.5. The van der Waals surface area contributed by atoms with Crippen molar-refractivity contribution in [1.82, 2.24) is 0 Å². The van der Waals surface area contributed by atoms with E-state index in [1.165, 1.54) is 0 Å². The molecule has 7 nitrogen and oxygen atoms in total. The molecule has 0 radical (unpaired) electrons. The summed E-state index contributed by atoms with van der Waals surface area (Å²) >= 11 is 0. The molecule has 0 bridgehead atoms. The van der Waals surface area contributed by atoms with Crippen LogP contribution in [0.25, 0.3) is 0 Å². The molecule has 0 atom stereocenters. The van der Waals surface area contributed by atoms with E-state index in [1.54, 1.807) is 0 Å². The van der Waals surface area contributed by atoms with E-state index in [0.29, 0.717) is 59.1 Å². The molecule has 0 unspecified atom stereocenters. The summed E-state index contributed by atoms with van der Waals surface area (Å²) in [4.78, 5) is 0. The summed E-state index contributed by atoms with van der Waals surface area (Å²) in [7, 11) is -3.85. The summed E-state index contributed by atoms with van der Waals surface area (Å²) in [6.07, 6.45) is 3.21. The molecule has 0 aromatic rings. The van der Waals surface area contributed by atoms with Crippen molar-refractivity contribution < 1.29 is 62.9 Å². The van der Waals surface area contributed by atoms with Crippen LogP contribution in [0.15, 0.2) is 0 Å². The van der Waals surface area contributed by atoms with Gasteiger partial charge in [-0.25, -0.2) is 0 Å². The molecule has 0 rings (SSSR count). The number of hydrogen-bond acceptors (Lipinski definition) is 6. The van der Waals surface area contributed by atoms with Crippen LogP contribution >= 0.6 is 0 Å². The van der Waals surface area contributed by atoms with Gasteiger partial charge in [0.15, 0.2) is 0 Å². The third-order valence-corrected chi connectivity index (χ3v) is 3.50. The monoisotopic (exact) mass is 366 g/mol. The van der Waals surface area contributed by atoms with Crippen LogP contribution in [-0.4, -0.2) is 71.6 Å². The first kappa shape index (κ1) is 26.0. The fraction of sp³-hybridized carbons (Fsp3) is 1.00. The van der Waals surface area contributed by atoms with Crippen molar-refractivity contribution in [2.45, 2.75) is 32.6 Å². The Balaban J connectivity index is -0.00000220. The molecule has 0 aromatic carbocycles. The fourth-order valence-electron chi connectivity index (χ4n) is 1.50. The van der Waals surface area contributed by atoms with Crippen LogP contribution in [0.3, 0.4) is 0 Å². The third-order valence-electron chi connectivity index (χ3n) is 2.70. The van der Waals surface area contributed by atoms with E-state index in [9.17, 15) is 8.42 Å². The second kappa shape index (κ2) is 19.1. The van der Waals surface area contributed by atoms with E-state index in [-0.39, 0.29) is 36.7 Å². The van der Waals surface area contributed by atoms with Crippen LogP contribution in [0.2, 0.25) is 0 Å². The van der Waals surface area contributed by atoms with Crippen LogP contribution in [-0.2, 0) is 29.1 Å². The maximum Gasteiger partial charge on any atom is 1.00 e. The first-order valence-corrected chi connectivity index (χ1v) is 9.43. The molecule has 0 aliphatic heterocycles. The van der Waals surface area contributed by atoms with Crippen molar-refractivity contribution in [3.05, 3.63) is 0 Å². The van der Waals surface area contributed by atoms with Crippen LogP contribution < -0.4 is 29.6 Å². The van der Waals surface area contributed by atoms with Gasteiger partial charge in [-0.15, -0.1) is 0 Å². The van der Waals surface area contributed by atoms with Gasteiger partial charge in [-0.3, -0.25) is 4.55 Å². The smallest absolute Gasteiger partial charge is 1.00 e. The van der Waals surface area contributed by atoms with Gasteiger partial charge < -0.3 is 20.4 Å². The molecular weight excluding hydrogens is 335 g/mol. The quantitative estimate of drug-likeness (QED) is 0.193. The second-order valence-electron chi connectivity index (χ2n) is 4.80. The number of ether oxygens (including phenoxy) is 4. The van der Waals surface area contributed by atoms with Crippen LogP contribution in [0.1, 0.15) is 34.0 Å². The van der Waals surface area contributed by atoms with Gasteiger partial charge in [0.2, 0.25) is 0 Å². The molecule has 0 heterocycles. The SMILES string of the molecule is CCCCOCCOCCOCCOCCCCS(=O)(=O)O.[H-].[Na+]. The van der Waals surface area contributed by atoms with E-state index in [0.717, 1.165) is 19.4 Å². The summed E-state index contributed by atoms with van der Waals surface area (Å²) in [6.45, 7) is 6.57. The minimum Gasteiger partial charge on any atom is -1.00 e. The van der Waals surface area contributed by atoms with E-state index in [2.05, 4.69) is 6.92 Å². The molecule has 0 saturated heterocycles. The summed E-state index contributed by atoms with van der Waals surface area (Å²) in [5.74, 6) is -0.216. The summed E-state index contributed by atoms with van der Waals surface area (Å²) in [6, 6.07) is 0. The predicted molar refractivity (Wildman–Crippen MR) is 84.9 cm³/mol. The Hall–Kier alpha value is 0.750. The standard InChI is InChI=1S/C14H30O7S.Na.H/c1-2-3-6-18-8-10-20-12-13-21-11-9-19-7-4-5-14-22(15,16)17;;/h2-14H2,1H3,(H,15,16,17);;/q;+1;-1. The van der Waals surface area contributed by atoms with Crippen molar-refractivity contribution in [1.29, 1.82) is 0 Å². The van der Waals surface area contributed by atoms with Gasteiger partial charge in [-0.2, -0.15) is 8.42 Å². The van der Waals surface area contributed by atoms with Gasteiger partial charge in [0.05, 0.1) is 45.4 Å². The molecular formula is C14H31NaO7S. The van der Waals surface area contributed by atoms with Crippen molar-refractivity contribution in [3.63, 3.8) is 0 Å². The van der Waals surface area contributed by atoms with Gasteiger partial charge in [-0.1, -0.05) is 13.3 Å². The molecule has 0 amide bonds. The Morgan fingerprint density at radius 2 is 1.13 bits per heavy atom. The third kappa shape index (κ3) is 25.1. The van der Waals surface area contributed by atoms with Crippen LogP contribution in [0.4, 0.5) is 0 Å². The summed E-state index contributed by atoms with van der Waals surface area (Å²) in [5, 5.41) is 0. The molecule has 136 valence electrons. The van der Waals surface area contributed by atoms with E-state index in [4.69, 9.17) is 23.5 Å². The number of unbranched alkanes of at least 4 members (excludes halogenated alkanes) is 2.